The van der Waals surface area contributed by atoms with Crippen molar-refractivity contribution in [2.24, 2.45) is 0 Å². The molecule has 9 rings (SSSR count). The fraction of sp³-hybridized carbons (Fsp3) is 0. The second kappa shape index (κ2) is 11.3. The molecule has 1 heterocycles. The molecule has 1 aliphatic rings. The van der Waals surface area contributed by atoms with Crippen LogP contribution in [0.3, 0.4) is 0 Å². The topological polar surface area (TPSA) is 3.24 Å². The Hall–Kier alpha value is -6.18. The van der Waals surface area contributed by atoms with E-state index in [1.54, 1.807) is 0 Å². The highest BCUT2D eigenvalue weighted by Crippen LogP contribution is 2.53. The molecule has 8 aromatic rings. The molecule has 1 aliphatic heterocycles. The number of hydrogen-bond donors (Lipinski definition) is 0. The minimum atomic E-state index is 1.14. The first-order chi connectivity index (χ1) is 23.3. The van der Waals surface area contributed by atoms with Crippen LogP contribution in [-0.4, -0.2) is 0 Å². The molecule has 220 valence electrons. The third-order valence-electron chi connectivity index (χ3n) is 9.39. The monoisotopic (exact) mass is 597 g/mol. The molecule has 0 bridgehead atoms. The highest BCUT2D eigenvalue weighted by molar-refractivity contribution is 6.18. The van der Waals surface area contributed by atoms with E-state index in [-0.39, 0.29) is 0 Å². The molecule has 0 amide bonds. The summed E-state index contributed by atoms with van der Waals surface area (Å²) in [6.45, 7) is 0. The number of nitrogens with zero attached hydrogens (tertiary/aromatic N) is 1. The van der Waals surface area contributed by atoms with Crippen LogP contribution >= 0.6 is 0 Å². The van der Waals surface area contributed by atoms with E-state index in [0.29, 0.717) is 0 Å². The van der Waals surface area contributed by atoms with E-state index < -0.39 is 0 Å². The van der Waals surface area contributed by atoms with Crippen molar-refractivity contribution in [2.75, 3.05) is 4.90 Å². The van der Waals surface area contributed by atoms with E-state index in [4.69, 9.17) is 0 Å². The molecular weight excluding hydrogens is 567 g/mol. The predicted octanol–water partition coefficient (Wildman–Crippen LogP) is 12.7. The Bertz CT molecular complexity index is 2430. The third kappa shape index (κ3) is 4.64. The summed E-state index contributed by atoms with van der Waals surface area (Å²) >= 11 is 0. The summed E-state index contributed by atoms with van der Waals surface area (Å²) in [4.78, 5) is 2.47. The number of anilines is 3. The molecular formula is C46H31N. The largest absolute Gasteiger partial charge is 0.309 e. The van der Waals surface area contributed by atoms with Gasteiger partial charge in [0.1, 0.15) is 0 Å². The highest BCUT2D eigenvalue weighted by atomic mass is 15.2. The number of fused-ring (bicyclic) bond motifs is 4. The van der Waals surface area contributed by atoms with Gasteiger partial charge in [0.15, 0.2) is 0 Å². The van der Waals surface area contributed by atoms with Crippen LogP contribution in [-0.2, 0) is 0 Å². The maximum atomic E-state index is 2.47. The zero-order valence-corrected chi connectivity index (χ0v) is 25.8. The van der Waals surface area contributed by atoms with Crippen molar-refractivity contribution in [3.8, 4) is 22.3 Å². The summed E-state index contributed by atoms with van der Waals surface area (Å²) in [5.74, 6) is 0. The standard InChI is InChI=1S/C46H31N/c1-3-13-32(14-4-1)31-43(40-22-10-9-20-38(40)33-15-5-2-6-16-33)35-25-28-37(29-26-35)47-44-24-12-19-36-18-11-23-41(45(36)44)42-30-27-34-17-7-8-21-39(34)46(42)47/h1-31H/b43-31-. The Morgan fingerprint density at radius 3 is 1.94 bits per heavy atom. The average molecular weight is 598 g/mol. The molecule has 1 nitrogen and oxygen atoms in total. The van der Waals surface area contributed by atoms with Gasteiger partial charge in [-0.15, -0.1) is 0 Å². The van der Waals surface area contributed by atoms with Gasteiger partial charge in [-0.05, 0) is 74.0 Å². The summed E-state index contributed by atoms with van der Waals surface area (Å²) in [7, 11) is 0. The van der Waals surface area contributed by atoms with Crippen molar-refractivity contribution < 1.29 is 0 Å². The summed E-state index contributed by atoms with van der Waals surface area (Å²) in [5, 5.41) is 5.04. The summed E-state index contributed by atoms with van der Waals surface area (Å²) in [6.07, 6.45) is 2.32. The lowest BCUT2D eigenvalue weighted by Gasteiger charge is -2.34. The van der Waals surface area contributed by atoms with Crippen LogP contribution in [0.4, 0.5) is 17.1 Å². The summed E-state index contributed by atoms with van der Waals surface area (Å²) < 4.78 is 0. The van der Waals surface area contributed by atoms with Gasteiger partial charge in [0, 0.05) is 22.0 Å². The van der Waals surface area contributed by atoms with Gasteiger partial charge in [-0.3, -0.25) is 0 Å². The van der Waals surface area contributed by atoms with Gasteiger partial charge in [0.2, 0.25) is 0 Å². The molecule has 0 unspecified atom stereocenters. The molecule has 0 fully saturated rings. The molecule has 0 radical (unpaired) electrons. The lowest BCUT2D eigenvalue weighted by atomic mass is 9.88. The zero-order chi connectivity index (χ0) is 31.2. The first kappa shape index (κ1) is 27.2. The van der Waals surface area contributed by atoms with Crippen molar-refractivity contribution in [2.45, 2.75) is 0 Å². The lowest BCUT2D eigenvalue weighted by Crippen LogP contribution is -2.15. The van der Waals surface area contributed by atoms with Crippen LogP contribution in [0.2, 0.25) is 0 Å². The van der Waals surface area contributed by atoms with Gasteiger partial charge in [-0.2, -0.15) is 0 Å². The van der Waals surface area contributed by atoms with Crippen molar-refractivity contribution in [1.29, 1.82) is 0 Å². The Morgan fingerprint density at radius 2 is 1.11 bits per heavy atom. The molecule has 8 aromatic carbocycles. The van der Waals surface area contributed by atoms with Crippen molar-refractivity contribution in [3.63, 3.8) is 0 Å². The second-order valence-corrected chi connectivity index (χ2v) is 12.1. The van der Waals surface area contributed by atoms with Crippen LogP contribution < -0.4 is 4.90 Å². The fourth-order valence-electron chi connectivity index (χ4n) is 7.24. The van der Waals surface area contributed by atoms with E-state index in [9.17, 15) is 0 Å². The van der Waals surface area contributed by atoms with Gasteiger partial charge in [0.05, 0.1) is 11.4 Å². The van der Waals surface area contributed by atoms with E-state index in [1.807, 2.05) is 0 Å². The Kier molecular flexibility index (Phi) is 6.54. The van der Waals surface area contributed by atoms with Crippen LogP contribution in [0.5, 0.6) is 0 Å². The molecule has 0 spiro atoms. The zero-order valence-electron chi connectivity index (χ0n) is 25.8. The molecule has 0 aromatic heterocycles. The Morgan fingerprint density at radius 1 is 0.447 bits per heavy atom. The number of benzene rings is 8. The number of hydrogen-bond acceptors (Lipinski definition) is 1. The van der Waals surface area contributed by atoms with Crippen LogP contribution in [0.15, 0.2) is 182 Å². The average Bonchev–Trinajstić information content (AvgIpc) is 3.15. The highest BCUT2D eigenvalue weighted by Gasteiger charge is 2.27. The quantitative estimate of drug-likeness (QED) is 0.178. The molecule has 0 aliphatic carbocycles. The minimum absolute atomic E-state index is 1.14. The molecule has 1 heteroatoms. The van der Waals surface area contributed by atoms with Crippen molar-refractivity contribution >= 4 is 50.3 Å². The SMILES string of the molecule is C(=C(\c1ccc(N2c3c(ccc4ccccc34)-c3cccc4cccc2c34)cc1)c1ccccc1-c1ccccc1)/c1ccccc1. The smallest absolute Gasteiger partial charge is 0.0618 e. The molecule has 0 saturated carbocycles. The Balaban J connectivity index is 1.24. The van der Waals surface area contributed by atoms with E-state index in [1.165, 1.54) is 77.4 Å². The van der Waals surface area contributed by atoms with Gasteiger partial charge in [-0.25, -0.2) is 0 Å². The molecule has 0 N–H and O–H groups in total. The summed E-state index contributed by atoms with van der Waals surface area (Å²) in [5.41, 5.74) is 13.3. The Labute approximate surface area is 275 Å². The van der Waals surface area contributed by atoms with Crippen LogP contribution in [0.25, 0.3) is 55.4 Å². The first-order valence-corrected chi connectivity index (χ1v) is 16.2. The normalized spacial score (nSPS) is 12.3. The lowest BCUT2D eigenvalue weighted by molar-refractivity contribution is 1.30. The third-order valence-corrected chi connectivity index (χ3v) is 9.39. The predicted molar refractivity (Wildman–Crippen MR) is 200 cm³/mol. The maximum absolute atomic E-state index is 2.47. The molecule has 47 heavy (non-hydrogen) atoms. The summed E-state index contributed by atoms with van der Waals surface area (Å²) in [6, 6.07) is 65.8. The van der Waals surface area contributed by atoms with Gasteiger partial charge < -0.3 is 4.90 Å². The first-order valence-electron chi connectivity index (χ1n) is 16.2. The van der Waals surface area contributed by atoms with Crippen molar-refractivity contribution in [1.82, 2.24) is 0 Å². The molecule has 0 atom stereocenters. The van der Waals surface area contributed by atoms with Crippen molar-refractivity contribution in [3.05, 3.63) is 199 Å². The second-order valence-electron chi connectivity index (χ2n) is 12.1. The minimum Gasteiger partial charge on any atom is -0.309 e. The maximum Gasteiger partial charge on any atom is 0.0618 e. The van der Waals surface area contributed by atoms with Gasteiger partial charge in [0.25, 0.3) is 0 Å². The van der Waals surface area contributed by atoms with Gasteiger partial charge in [-0.1, -0.05) is 164 Å². The van der Waals surface area contributed by atoms with Crippen LogP contribution in [0.1, 0.15) is 16.7 Å². The number of rotatable bonds is 5. The van der Waals surface area contributed by atoms with E-state index in [2.05, 4.69) is 193 Å². The van der Waals surface area contributed by atoms with Gasteiger partial charge >= 0.3 is 0 Å². The van der Waals surface area contributed by atoms with E-state index >= 15 is 0 Å². The molecule has 0 saturated heterocycles. The van der Waals surface area contributed by atoms with E-state index in [0.717, 1.165) is 5.69 Å². The fourth-order valence-corrected chi connectivity index (χ4v) is 7.24. The van der Waals surface area contributed by atoms with Crippen LogP contribution in [0, 0.1) is 0 Å².